The molecular weight excluding hydrogens is 428 g/mol. The minimum atomic E-state index is -0.281. The summed E-state index contributed by atoms with van der Waals surface area (Å²) in [5.41, 5.74) is 2.31. The lowest BCUT2D eigenvalue weighted by Gasteiger charge is -2.19. The van der Waals surface area contributed by atoms with Crippen molar-refractivity contribution in [3.8, 4) is 11.5 Å². The number of ether oxygens (including phenoxy) is 2. The van der Waals surface area contributed by atoms with Crippen molar-refractivity contribution in [2.45, 2.75) is 34.2 Å². The van der Waals surface area contributed by atoms with Gasteiger partial charge in [-0.25, -0.2) is 0 Å². The molecule has 0 heterocycles. The predicted octanol–water partition coefficient (Wildman–Crippen LogP) is 5.40. The summed E-state index contributed by atoms with van der Waals surface area (Å²) in [6.45, 7) is 9.22. The van der Waals surface area contributed by atoms with Gasteiger partial charge < -0.3 is 19.7 Å². The van der Waals surface area contributed by atoms with Gasteiger partial charge in [0.1, 0.15) is 0 Å². The van der Waals surface area contributed by atoms with E-state index in [1.54, 1.807) is 43.2 Å². The SMILES string of the molecule is CCN(Cc1cccc(NC(=O)/C=C/c2cc(Cl)c(OCC(C)C)c(OC)c2)c1)C(C)=O. The molecule has 0 bridgehead atoms. The lowest BCUT2D eigenvalue weighted by atomic mass is 10.1. The van der Waals surface area contributed by atoms with Gasteiger partial charge in [-0.3, -0.25) is 9.59 Å². The third-order valence-corrected chi connectivity index (χ3v) is 4.92. The summed E-state index contributed by atoms with van der Waals surface area (Å²) < 4.78 is 11.2. The monoisotopic (exact) mass is 458 g/mol. The Labute approximate surface area is 195 Å². The second-order valence-electron chi connectivity index (χ2n) is 7.80. The molecule has 0 spiro atoms. The normalized spacial score (nSPS) is 11.0. The maximum absolute atomic E-state index is 12.4. The summed E-state index contributed by atoms with van der Waals surface area (Å²) in [4.78, 5) is 25.8. The molecule has 0 saturated carbocycles. The van der Waals surface area contributed by atoms with Crippen LogP contribution in [0.4, 0.5) is 5.69 Å². The van der Waals surface area contributed by atoms with E-state index in [0.29, 0.717) is 53.4 Å². The summed E-state index contributed by atoms with van der Waals surface area (Å²) >= 11 is 6.37. The van der Waals surface area contributed by atoms with E-state index in [4.69, 9.17) is 21.1 Å². The average molecular weight is 459 g/mol. The first-order chi connectivity index (χ1) is 15.2. The molecule has 1 N–H and O–H groups in total. The second-order valence-corrected chi connectivity index (χ2v) is 8.20. The Bertz CT molecular complexity index is 972. The highest BCUT2D eigenvalue weighted by Crippen LogP contribution is 2.37. The van der Waals surface area contributed by atoms with Crippen molar-refractivity contribution in [2.75, 3.05) is 25.6 Å². The lowest BCUT2D eigenvalue weighted by molar-refractivity contribution is -0.129. The molecule has 0 unspecified atom stereocenters. The largest absolute Gasteiger partial charge is 0.493 e. The first kappa shape index (κ1) is 25.3. The Balaban J connectivity index is 2.08. The summed E-state index contributed by atoms with van der Waals surface area (Å²) in [5.74, 6) is 1.09. The van der Waals surface area contributed by atoms with Crippen LogP contribution in [0.3, 0.4) is 0 Å². The molecule has 0 aliphatic heterocycles. The third kappa shape index (κ3) is 7.61. The van der Waals surface area contributed by atoms with Gasteiger partial charge in [0.2, 0.25) is 11.8 Å². The molecule has 7 heteroatoms. The number of hydrogen-bond acceptors (Lipinski definition) is 4. The number of rotatable bonds is 10. The second kappa shape index (κ2) is 12.2. The molecule has 2 rings (SSSR count). The van der Waals surface area contributed by atoms with Gasteiger partial charge in [0.25, 0.3) is 0 Å². The van der Waals surface area contributed by atoms with E-state index in [0.717, 1.165) is 5.56 Å². The molecule has 2 aromatic rings. The molecule has 2 aromatic carbocycles. The van der Waals surface area contributed by atoms with Crippen molar-refractivity contribution in [2.24, 2.45) is 5.92 Å². The summed E-state index contributed by atoms with van der Waals surface area (Å²) in [5, 5.41) is 3.26. The highest BCUT2D eigenvalue weighted by atomic mass is 35.5. The van der Waals surface area contributed by atoms with Crippen LogP contribution < -0.4 is 14.8 Å². The standard InChI is InChI=1S/C25H31ClN2O4/c1-6-28(18(4)29)15-20-8-7-9-21(12-20)27-24(30)11-10-19-13-22(26)25(23(14-19)31-5)32-16-17(2)3/h7-14,17H,6,15-16H2,1-5H3,(H,27,30)/b11-10+. The minimum absolute atomic E-state index is 0.0135. The minimum Gasteiger partial charge on any atom is -0.493 e. The third-order valence-electron chi connectivity index (χ3n) is 4.63. The van der Waals surface area contributed by atoms with Crippen LogP contribution in [0.1, 0.15) is 38.8 Å². The first-order valence-corrected chi connectivity index (χ1v) is 10.9. The van der Waals surface area contributed by atoms with Gasteiger partial charge in [0.15, 0.2) is 11.5 Å². The fourth-order valence-electron chi connectivity index (χ4n) is 3.00. The van der Waals surface area contributed by atoms with Crippen molar-refractivity contribution in [1.29, 1.82) is 0 Å². The summed E-state index contributed by atoms with van der Waals surface area (Å²) in [6.07, 6.45) is 3.09. The summed E-state index contributed by atoms with van der Waals surface area (Å²) in [7, 11) is 1.55. The Morgan fingerprint density at radius 1 is 1.22 bits per heavy atom. The number of halogens is 1. The number of benzene rings is 2. The van der Waals surface area contributed by atoms with Gasteiger partial charge in [-0.1, -0.05) is 37.6 Å². The van der Waals surface area contributed by atoms with Gasteiger partial charge >= 0.3 is 0 Å². The van der Waals surface area contributed by atoms with E-state index in [1.165, 1.54) is 6.08 Å². The van der Waals surface area contributed by atoms with Crippen LogP contribution >= 0.6 is 11.6 Å². The maximum atomic E-state index is 12.4. The van der Waals surface area contributed by atoms with Crippen LogP contribution in [0.15, 0.2) is 42.5 Å². The highest BCUT2D eigenvalue weighted by Gasteiger charge is 2.12. The number of hydrogen-bond donors (Lipinski definition) is 1. The average Bonchev–Trinajstić information content (AvgIpc) is 2.74. The van der Waals surface area contributed by atoms with Crippen molar-refractivity contribution in [1.82, 2.24) is 4.90 Å². The van der Waals surface area contributed by atoms with E-state index in [1.807, 2.05) is 25.1 Å². The maximum Gasteiger partial charge on any atom is 0.248 e. The quantitative estimate of drug-likeness (QED) is 0.484. The summed E-state index contributed by atoms with van der Waals surface area (Å²) in [6, 6.07) is 10.9. The molecule has 0 fully saturated rings. The zero-order valence-corrected chi connectivity index (χ0v) is 20.0. The molecule has 0 aromatic heterocycles. The van der Waals surface area contributed by atoms with E-state index in [-0.39, 0.29) is 11.8 Å². The highest BCUT2D eigenvalue weighted by molar-refractivity contribution is 6.32. The zero-order valence-electron chi connectivity index (χ0n) is 19.3. The van der Waals surface area contributed by atoms with Crippen LogP contribution in [-0.4, -0.2) is 37.0 Å². The lowest BCUT2D eigenvalue weighted by Crippen LogP contribution is -2.27. The Morgan fingerprint density at radius 2 is 1.97 bits per heavy atom. The van der Waals surface area contributed by atoms with Crippen molar-refractivity contribution in [3.05, 3.63) is 58.6 Å². The van der Waals surface area contributed by atoms with Crippen molar-refractivity contribution < 1.29 is 19.1 Å². The van der Waals surface area contributed by atoms with Gasteiger partial charge in [0, 0.05) is 31.8 Å². The number of methoxy groups -OCH3 is 1. The molecule has 32 heavy (non-hydrogen) atoms. The number of amides is 2. The zero-order chi connectivity index (χ0) is 23.7. The van der Waals surface area contributed by atoms with E-state index >= 15 is 0 Å². The number of nitrogens with one attached hydrogen (secondary N) is 1. The van der Waals surface area contributed by atoms with Gasteiger partial charge in [-0.15, -0.1) is 0 Å². The number of nitrogens with zero attached hydrogens (tertiary/aromatic N) is 1. The van der Waals surface area contributed by atoms with Crippen LogP contribution in [0, 0.1) is 5.92 Å². The van der Waals surface area contributed by atoms with Gasteiger partial charge in [0.05, 0.1) is 18.7 Å². The Kier molecular flexibility index (Phi) is 9.60. The fraction of sp³-hybridized carbons (Fsp3) is 0.360. The fourth-order valence-corrected chi connectivity index (χ4v) is 3.27. The van der Waals surface area contributed by atoms with E-state index in [9.17, 15) is 9.59 Å². The Morgan fingerprint density at radius 3 is 2.59 bits per heavy atom. The topological polar surface area (TPSA) is 67.9 Å². The van der Waals surface area contributed by atoms with Crippen molar-refractivity contribution >= 4 is 35.2 Å². The predicted molar refractivity (Wildman–Crippen MR) is 129 cm³/mol. The smallest absolute Gasteiger partial charge is 0.248 e. The van der Waals surface area contributed by atoms with Crippen LogP contribution in [-0.2, 0) is 16.1 Å². The van der Waals surface area contributed by atoms with Crippen LogP contribution in [0.5, 0.6) is 11.5 Å². The Hall–Kier alpha value is -2.99. The van der Waals surface area contributed by atoms with Gasteiger partial charge in [-0.2, -0.15) is 0 Å². The van der Waals surface area contributed by atoms with Crippen LogP contribution in [0.2, 0.25) is 5.02 Å². The first-order valence-electron chi connectivity index (χ1n) is 10.6. The molecule has 0 aliphatic carbocycles. The molecule has 6 nitrogen and oxygen atoms in total. The van der Waals surface area contributed by atoms with E-state index in [2.05, 4.69) is 19.2 Å². The van der Waals surface area contributed by atoms with Gasteiger partial charge in [-0.05, 0) is 54.3 Å². The van der Waals surface area contributed by atoms with Crippen molar-refractivity contribution in [3.63, 3.8) is 0 Å². The van der Waals surface area contributed by atoms with E-state index < -0.39 is 0 Å². The van der Waals surface area contributed by atoms with Crippen LogP contribution in [0.25, 0.3) is 6.08 Å². The molecule has 2 amide bonds. The molecule has 0 saturated heterocycles. The molecule has 0 atom stereocenters. The molecular formula is C25H31ClN2O4. The number of carbonyl (C=O) groups excluding carboxylic acids is 2. The molecule has 0 radical (unpaired) electrons. The number of anilines is 1. The number of carbonyl (C=O) groups is 2. The molecule has 172 valence electrons. The molecule has 0 aliphatic rings.